The van der Waals surface area contributed by atoms with Crippen molar-refractivity contribution in [3.63, 3.8) is 0 Å². The lowest BCUT2D eigenvalue weighted by molar-refractivity contribution is -0.133. The van der Waals surface area contributed by atoms with Crippen LogP contribution in [-0.4, -0.2) is 30.2 Å². The second-order valence-corrected chi connectivity index (χ2v) is 4.06. The van der Waals surface area contributed by atoms with Crippen molar-refractivity contribution in [3.05, 3.63) is 35.9 Å². The number of amides is 1. The Hall–Kier alpha value is -1.64. The van der Waals surface area contributed by atoms with Crippen LogP contribution in [0.25, 0.3) is 0 Å². The molecule has 1 amide bonds. The van der Waals surface area contributed by atoms with Crippen LogP contribution in [0.5, 0.6) is 0 Å². The fourth-order valence-corrected chi connectivity index (χ4v) is 2.07. The zero-order valence-electron chi connectivity index (χ0n) is 9.13. The lowest BCUT2D eigenvalue weighted by atomic mass is 9.99. The summed E-state index contributed by atoms with van der Waals surface area (Å²) < 4.78 is 0. The highest BCUT2D eigenvalue weighted by atomic mass is 16.2. The molecule has 3 nitrogen and oxygen atoms in total. The molecule has 1 heterocycles. The predicted molar refractivity (Wildman–Crippen MR) is 61.1 cm³/mol. The van der Waals surface area contributed by atoms with Crippen LogP contribution in [0, 0.1) is 0 Å². The summed E-state index contributed by atoms with van der Waals surface area (Å²) in [5.41, 5.74) is 0.786. The van der Waals surface area contributed by atoms with Crippen molar-refractivity contribution < 1.29 is 9.59 Å². The van der Waals surface area contributed by atoms with Gasteiger partial charge in [-0.2, -0.15) is 0 Å². The summed E-state index contributed by atoms with van der Waals surface area (Å²) in [4.78, 5) is 24.9. The van der Waals surface area contributed by atoms with E-state index in [9.17, 15) is 9.59 Å². The molecule has 2 rings (SSSR count). The van der Waals surface area contributed by atoms with Gasteiger partial charge in [0.15, 0.2) is 0 Å². The minimum Gasteiger partial charge on any atom is -0.342 e. The number of nitrogens with zero attached hydrogens (tertiary/aromatic N) is 1. The average Bonchev–Trinajstić information content (AvgIpc) is 2.85. The van der Waals surface area contributed by atoms with Gasteiger partial charge in [0.1, 0.15) is 12.2 Å². The standard InChI is InChI=1S/C13H15NO2/c15-10-12(11-6-2-1-3-7-11)13(16)14-8-4-5-9-14/h1-3,6-7,10,12H,4-5,8-9H2. The van der Waals surface area contributed by atoms with Crippen LogP contribution in [0.15, 0.2) is 30.3 Å². The molecular weight excluding hydrogens is 202 g/mol. The molecule has 0 saturated carbocycles. The van der Waals surface area contributed by atoms with Gasteiger partial charge in [0, 0.05) is 13.1 Å². The molecular formula is C13H15NO2. The number of hydrogen-bond acceptors (Lipinski definition) is 2. The fourth-order valence-electron chi connectivity index (χ4n) is 2.07. The third kappa shape index (κ3) is 2.13. The molecule has 0 aliphatic carbocycles. The highest BCUT2D eigenvalue weighted by Crippen LogP contribution is 2.19. The first-order valence-electron chi connectivity index (χ1n) is 5.62. The predicted octanol–water partition coefficient (Wildman–Crippen LogP) is 1.59. The summed E-state index contributed by atoms with van der Waals surface area (Å²) in [7, 11) is 0. The Bertz CT molecular complexity index is 369. The minimum absolute atomic E-state index is 0.0568. The number of rotatable bonds is 3. The first-order valence-corrected chi connectivity index (χ1v) is 5.62. The van der Waals surface area contributed by atoms with Gasteiger partial charge in [0.05, 0.1) is 0 Å². The van der Waals surface area contributed by atoms with Crippen LogP contribution in [-0.2, 0) is 9.59 Å². The normalized spacial score (nSPS) is 17.1. The third-order valence-corrected chi connectivity index (χ3v) is 2.98. The summed E-state index contributed by atoms with van der Waals surface area (Å²) >= 11 is 0. The van der Waals surface area contributed by atoms with E-state index in [1.807, 2.05) is 30.3 Å². The smallest absolute Gasteiger partial charge is 0.237 e. The molecule has 1 aliphatic heterocycles. The molecule has 1 aromatic carbocycles. The number of hydrogen-bond donors (Lipinski definition) is 0. The highest BCUT2D eigenvalue weighted by Gasteiger charge is 2.26. The molecule has 1 saturated heterocycles. The fraction of sp³-hybridized carbons (Fsp3) is 0.385. The summed E-state index contributed by atoms with van der Waals surface area (Å²) in [6.07, 6.45) is 2.84. The Labute approximate surface area is 95.1 Å². The van der Waals surface area contributed by atoms with Crippen molar-refractivity contribution in [1.29, 1.82) is 0 Å². The molecule has 16 heavy (non-hydrogen) atoms. The van der Waals surface area contributed by atoms with E-state index in [-0.39, 0.29) is 5.91 Å². The Morgan fingerprint density at radius 3 is 2.38 bits per heavy atom. The van der Waals surface area contributed by atoms with Crippen molar-refractivity contribution in [3.8, 4) is 0 Å². The maximum Gasteiger partial charge on any atom is 0.237 e. The number of aldehydes is 1. The average molecular weight is 217 g/mol. The van der Waals surface area contributed by atoms with E-state index in [0.29, 0.717) is 0 Å². The molecule has 0 aromatic heterocycles. The molecule has 1 fully saturated rings. The van der Waals surface area contributed by atoms with Crippen molar-refractivity contribution in [2.45, 2.75) is 18.8 Å². The maximum absolute atomic E-state index is 12.1. The molecule has 0 radical (unpaired) electrons. The van der Waals surface area contributed by atoms with Crippen LogP contribution in [0.4, 0.5) is 0 Å². The Morgan fingerprint density at radius 1 is 1.19 bits per heavy atom. The lowest BCUT2D eigenvalue weighted by Gasteiger charge is -2.19. The Kier molecular flexibility index (Phi) is 3.34. The van der Waals surface area contributed by atoms with Crippen LogP contribution in [0.2, 0.25) is 0 Å². The van der Waals surface area contributed by atoms with Gasteiger partial charge >= 0.3 is 0 Å². The zero-order valence-corrected chi connectivity index (χ0v) is 9.13. The molecule has 3 heteroatoms. The molecule has 1 atom stereocenters. The van der Waals surface area contributed by atoms with E-state index in [1.54, 1.807) is 4.90 Å². The van der Waals surface area contributed by atoms with Crippen molar-refractivity contribution in [2.24, 2.45) is 0 Å². The van der Waals surface area contributed by atoms with Crippen molar-refractivity contribution >= 4 is 12.2 Å². The monoisotopic (exact) mass is 217 g/mol. The van der Waals surface area contributed by atoms with E-state index < -0.39 is 5.92 Å². The quantitative estimate of drug-likeness (QED) is 0.569. The summed E-state index contributed by atoms with van der Waals surface area (Å²) in [5, 5.41) is 0. The van der Waals surface area contributed by atoms with Crippen molar-refractivity contribution in [2.75, 3.05) is 13.1 Å². The van der Waals surface area contributed by atoms with Gasteiger partial charge in [-0.15, -0.1) is 0 Å². The molecule has 84 valence electrons. The Balaban J connectivity index is 2.16. The van der Waals surface area contributed by atoms with Crippen LogP contribution < -0.4 is 0 Å². The third-order valence-electron chi connectivity index (χ3n) is 2.98. The van der Waals surface area contributed by atoms with Crippen molar-refractivity contribution in [1.82, 2.24) is 4.90 Å². The van der Waals surface area contributed by atoms with Crippen LogP contribution >= 0.6 is 0 Å². The molecule has 1 unspecified atom stereocenters. The first-order chi connectivity index (χ1) is 7.83. The molecule has 1 aromatic rings. The summed E-state index contributed by atoms with van der Waals surface area (Å²) in [6.45, 7) is 1.58. The Morgan fingerprint density at radius 2 is 1.81 bits per heavy atom. The van der Waals surface area contributed by atoms with Gasteiger partial charge < -0.3 is 9.69 Å². The second-order valence-electron chi connectivity index (χ2n) is 4.06. The first kappa shape index (κ1) is 10.9. The van der Waals surface area contributed by atoms with E-state index in [1.165, 1.54) is 0 Å². The highest BCUT2D eigenvalue weighted by molar-refractivity contribution is 5.97. The van der Waals surface area contributed by atoms with Gasteiger partial charge in [-0.05, 0) is 18.4 Å². The van der Waals surface area contributed by atoms with Gasteiger partial charge in [-0.1, -0.05) is 30.3 Å². The van der Waals surface area contributed by atoms with Crippen LogP contribution in [0.3, 0.4) is 0 Å². The topological polar surface area (TPSA) is 37.4 Å². The van der Waals surface area contributed by atoms with E-state index >= 15 is 0 Å². The largest absolute Gasteiger partial charge is 0.342 e. The molecule has 0 bridgehead atoms. The van der Waals surface area contributed by atoms with Gasteiger partial charge in [0.25, 0.3) is 0 Å². The lowest BCUT2D eigenvalue weighted by Crippen LogP contribution is -2.33. The summed E-state index contributed by atoms with van der Waals surface area (Å²) in [6, 6.07) is 9.23. The molecule has 0 N–H and O–H groups in total. The van der Waals surface area contributed by atoms with E-state index in [0.717, 1.165) is 37.8 Å². The SMILES string of the molecule is O=CC(C(=O)N1CCCC1)c1ccccc1. The van der Waals surface area contributed by atoms with Crippen LogP contribution in [0.1, 0.15) is 24.3 Å². The second kappa shape index (κ2) is 4.92. The zero-order chi connectivity index (χ0) is 11.4. The molecule has 0 spiro atoms. The minimum atomic E-state index is -0.626. The number of likely N-dealkylation sites (tertiary alicyclic amines) is 1. The van der Waals surface area contributed by atoms with E-state index in [4.69, 9.17) is 0 Å². The molecule has 1 aliphatic rings. The van der Waals surface area contributed by atoms with Gasteiger partial charge in [-0.3, -0.25) is 4.79 Å². The number of carbonyl (C=O) groups excluding carboxylic acids is 2. The van der Waals surface area contributed by atoms with E-state index in [2.05, 4.69) is 0 Å². The number of benzene rings is 1. The van der Waals surface area contributed by atoms with Gasteiger partial charge in [0.2, 0.25) is 5.91 Å². The van der Waals surface area contributed by atoms with Gasteiger partial charge in [-0.25, -0.2) is 0 Å². The summed E-state index contributed by atoms with van der Waals surface area (Å²) in [5.74, 6) is -0.682. The maximum atomic E-state index is 12.1. The number of carbonyl (C=O) groups is 2.